The second-order valence-corrected chi connectivity index (χ2v) is 5.47. The van der Waals surface area contributed by atoms with Crippen molar-refractivity contribution >= 4 is 17.3 Å². The monoisotopic (exact) mass is 283 g/mol. The zero-order chi connectivity index (χ0) is 13.7. The maximum atomic E-state index is 6.08. The van der Waals surface area contributed by atoms with Crippen molar-refractivity contribution in [2.24, 2.45) is 0 Å². The smallest absolute Gasteiger partial charge is 0.142 e. The number of rotatable bonds is 5. The van der Waals surface area contributed by atoms with Gasteiger partial charge in [0.05, 0.1) is 18.4 Å². The lowest BCUT2D eigenvalue weighted by atomic mass is 10.0. The Morgan fingerprint density at radius 1 is 1.47 bits per heavy atom. The summed E-state index contributed by atoms with van der Waals surface area (Å²) < 4.78 is 11.3. The molecule has 1 aliphatic heterocycles. The van der Waals surface area contributed by atoms with Gasteiger partial charge >= 0.3 is 0 Å². The summed E-state index contributed by atoms with van der Waals surface area (Å²) in [6, 6.07) is 6.16. The highest BCUT2D eigenvalue weighted by atomic mass is 35.5. The van der Waals surface area contributed by atoms with Gasteiger partial charge < -0.3 is 14.8 Å². The predicted octanol–water partition coefficient (Wildman–Crippen LogP) is 4.11. The zero-order valence-electron chi connectivity index (χ0n) is 11.6. The van der Waals surface area contributed by atoms with Gasteiger partial charge in [0.25, 0.3) is 0 Å². The minimum atomic E-state index is 0.311. The van der Waals surface area contributed by atoms with Crippen LogP contribution in [-0.4, -0.2) is 25.4 Å². The van der Waals surface area contributed by atoms with Crippen LogP contribution >= 0.6 is 11.6 Å². The van der Waals surface area contributed by atoms with Crippen molar-refractivity contribution in [3.8, 4) is 5.75 Å². The van der Waals surface area contributed by atoms with Gasteiger partial charge in [0.1, 0.15) is 5.75 Å². The predicted molar refractivity (Wildman–Crippen MR) is 79.3 cm³/mol. The summed E-state index contributed by atoms with van der Waals surface area (Å²) in [6.07, 6.45) is 3.34. The topological polar surface area (TPSA) is 30.5 Å². The van der Waals surface area contributed by atoms with Crippen molar-refractivity contribution < 1.29 is 9.47 Å². The largest absolute Gasteiger partial charge is 0.491 e. The normalized spacial score (nSPS) is 23.1. The fraction of sp³-hybridized carbons (Fsp3) is 0.600. The molecule has 2 rings (SSSR count). The molecule has 0 amide bonds. The Hall–Kier alpha value is -0.930. The Balaban J connectivity index is 2.06. The highest BCUT2D eigenvalue weighted by Crippen LogP contribution is 2.30. The van der Waals surface area contributed by atoms with E-state index in [4.69, 9.17) is 21.1 Å². The molecule has 0 aliphatic carbocycles. The van der Waals surface area contributed by atoms with Crippen LogP contribution in [0.1, 0.15) is 33.1 Å². The van der Waals surface area contributed by atoms with Crippen LogP contribution in [0, 0.1) is 0 Å². The van der Waals surface area contributed by atoms with E-state index in [-0.39, 0.29) is 0 Å². The second kappa shape index (κ2) is 7.01. The average molecular weight is 284 g/mol. The summed E-state index contributed by atoms with van der Waals surface area (Å²) in [4.78, 5) is 0. The molecular formula is C15H22ClNO2. The van der Waals surface area contributed by atoms with Crippen molar-refractivity contribution in [1.82, 2.24) is 0 Å². The van der Waals surface area contributed by atoms with E-state index < -0.39 is 0 Å². The van der Waals surface area contributed by atoms with Gasteiger partial charge in [-0.15, -0.1) is 0 Å². The van der Waals surface area contributed by atoms with Gasteiger partial charge in [0.15, 0.2) is 0 Å². The van der Waals surface area contributed by atoms with E-state index in [0.29, 0.717) is 12.1 Å². The van der Waals surface area contributed by atoms with Gasteiger partial charge in [-0.2, -0.15) is 0 Å². The molecule has 1 heterocycles. The fourth-order valence-electron chi connectivity index (χ4n) is 2.30. The van der Waals surface area contributed by atoms with Crippen molar-refractivity contribution in [3.05, 3.63) is 23.2 Å². The molecule has 1 aliphatic rings. The Morgan fingerprint density at radius 3 is 3.05 bits per heavy atom. The van der Waals surface area contributed by atoms with Gasteiger partial charge in [0.2, 0.25) is 0 Å². The Bertz CT molecular complexity index is 411. The van der Waals surface area contributed by atoms with Crippen LogP contribution in [-0.2, 0) is 4.74 Å². The van der Waals surface area contributed by atoms with Gasteiger partial charge in [0, 0.05) is 17.7 Å². The molecule has 2 unspecified atom stereocenters. The van der Waals surface area contributed by atoms with Crippen LogP contribution in [0.2, 0.25) is 5.02 Å². The van der Waals surface area contributed by atoms with Crippen LogP contribution in [0.25, 0.3) is 0 Å². The highest BCUT2D eigenvalue weighted by molar-refractivity contribution is 6.30. The van der Waals surface area contributed by atoms with Crippen molar-refractivity contribution in [2.45, 2.75) is 45.3 Å². The molecule has 1 fully saturated rings. The summed E-state index contributed by atoms with van der Waals surface area (Å²) in [5, 5.41) is 4.27. The maximum Gasteiger partial charge on any atom is 0.142 e. The lowest BCUT2D eigenvalue weighted by Gasteiger charge is -2.29. The Labute approximate surface area is 120 Å². The SMILES string of the molecule is CCCOc1ccc(Cl)cc1NC1CCOC(C)C1. The Morgan fingerprint density at radius 2 is 2.32 bits per heavy atom. The Kier molecular flexibility index (Phi) is 5.34. The molecule has 0 radical (unpaired) electrons. The lowest BCUT2D eigenvalue weighted by molar-refractivity contribution is 0.0232. The van der Waals surface area contributed by atoms with Crippen molar-refractivity contribution in [2.75, 3.05) is 18.5 Å². The van der Waals surface area contributed by atoms with E-state index in [1.807, 2.05) is 18.2 Å². The quantitative estimate of drug-likeness (QED) is 0.882. The molecular weight excluding hydrogens is 262 g/mol. The van der Waals surface area contributed by atoms with E-state index in [0.717, 1.165) is 48.9 Å². The molecule has 0 saturated carbocycles. The zero-order valence-corrected chi connectivity index (χ0v) is 12.4. The van der Waals surface area contributed by atoms with Crippen molar-refractivity contribution in [3.63, 3.8) is 0 Å². The molecule has 2 atom stereocenters. The second-order valence-electron chi connectivity index (χ2n) is 5.04. The molecule has 1 N–H and O–H groups in total. The maximum absolute atomic E-state index is 6.08. The highest BCUT2D eigenvalue weighted by Gasteiger charge is 2.20. The first-order chi connectivity index (χ1) is 9.19. The first-order valence-corrected chi connectivity index (χ1v) is 7.37. The molecule has 3 nitrogen and oxygen atoms in total. The minimum Gasteiger partial charge on any atom is -0.491 e. The first kappa shape index (κ1) is 14.5. The molecule has 1 saturated heterocycles. The number of nitrogens with one attached hydrogen (secondary N) is 1. The standard InChI is InChI=1S/C15H22ClNO2/c1-3-7-19-15-5-4-12(16)10-14(15)17-13-6-8-18-11(2)9-13/h4-5,10-11,13,17H,3,6-9H2,1-2H3. The van der Waals surface area contributed by atoms with Crippen LogP contribution in [0.5, 0.6) is 5.75 Å². The number of hydrogen-bond acceptors (Lipinski definition) is 3. The van der Waals surface area contributed by atoms with Gasteiger partial charge in [-0.05, 0) is 44.4 Å². The van der Waals surface area contributed by atoms with Gasteiger partial charge in [-0.25, -0.2) is 0 Å². The summed E-state index contributed by atoms with van der Waals surface area (Å²) in [5.41, 5.74) is 0.986. The summed E-state index contributed by atoms with van der Waals surface area (Å²) in [6.45, 7) is 5.74. The van der Waals surface area contributed by atoms with Crippen molar-refractivity contribution in [1.29, 1.82) is 0 Å². The molecule has 4 heteroatoms. The number of anilines is 1. The van der Waals surface area contributed by atoms with E-state index in [1.54, 1.807) is 0 Å². The lowest BCUT2D eigenvalue weighted by Crippen LogP contribution is -2.32. The van der Waals surface area contributed by atoms with Crippen LogP contribution in [0.4, 0.5) is 5.69 Å². The summed E-state index contributed by atoms with van der Waals surface area (Å²) in [5.74, 6) is 0.880. The molecule has 0 aromatic heterocycles. The van der Waals surface area contributed by atoms with E-state index >= 15 is 0 Å². The molecule has 0 spiro atoms. The van der Waals surface area contributed by atoms with Crippen LogP contribution in [0.15, 0.2) is 18.2 Å². The molecule has 0 bridgehead atoms. The van der Waals surface area contributed by atoms with E-state index in [2.05, 4.69) is 19.2 Å². The number of ether oxygens (including phenoxy) is 2. The van der Waals surface area contributed by atoms with Crippen LogP contribution < -0.4 is 10.1 Å². The third-order valence-electron chi connectivity index (χ3n) is 3.25. The third-order valence-corrected chi connectivity index (χ3v) is 3.48. The van der Waals surface area contributed by atoms with E-state index in [1.165, 1.54) is 0 Å². The first-order valence-electron chi connectivity index (χ1n) is 6.99. The summed E-state index contributed by atoms with van der Waals surface area (Å²) in [7, 11) is 0. The number of benzene rings is 1. The third kappa shape index (κ3) is 4.29. The van der Waals surface area contributed by atoms with E-state index in [9.17, 15) is 0 Å². The summed E-state index contributed by atoms with van der Waals surface area (Å²) >= 11 is 6.08. The molecule has 1 aromatic rings. The van der Waals surface area contributed by atoms with Gasteiger partial charge in [-0.1, -0.05) is 18.5 Å². The van der Waals surface area contributed by atoms with Crippen LogP contribution in [0.3, 0.4) is 0 Å². The molecule has 106 valence electrons. The van der Waals surface area contributed by atoms with Gasteiger partial charge in [-0.3, -0.25) is 0 Å². The number of hydrogen-bond donors (Lipinski definition) is 1. The minimum absolute atomic E-state index is 0.311. The molecule has 1 aromatic carbocycles. The number of halogens is 1. The molecule has 19 heavy (non-hydrogen) atoms. The average Bonchev–Trinajstić information content (AvgIpc) is 2.38. The fourth-order valence-corrected chi connectivity index (χ4v) is 2.47.